The minimum absolute atomic E-state index is 0.00105. The Morgan fingerprint density at radius 1 is 1.15 bits per heavy atom. The molecule has 1 N–H and O–H groups in total. The number of nitrogens with zero attached hydrogens (tertiary/aromatic N) is 5. The van der Waals surface area contributed by atoms with Crippen LogP contribution in [0.5, 0.6) is 0 Å². The topological polar surface area (TPSA) is 105 Å². The molecule has 8 heteroatoms. The molecule has 214 valence electrons. The summed E-state index contributed by atoms with van der Waals surface area (Å²) < 4.78 is 9.86. The summed E-state index contributed by atoms with van der Waals surface area (Å²) in [5, 5.41) is 24.2. The highest BCUT2D eigenvalue weighted by atomic mass is 16.5. The highest BCUT2D eigenvalue weighted by Gasteiger charge is 2.35. The lowest BCUT2D eigenvalue weighted by Crippen LogP contribution is -2.41. The lowest BCUT2D eigenvalue weighted by atomic mass is 9.83. The number of rotatable bonds is 9. The second-order valence-corrected chi connectivity index (χ2v) is 12.1. The van der Waals surface area contributed by atoms with Crippen LogP contribution in [0.25, 0.3) is 16.9 Å². The summed E-state index contributed by atoms with van der Waals surface area (Å²) in [6.07, 6.45) is 6.78. The number of aromatic nitrogens is 4. The molecule has 0 radical (unpaired) electrons. The van der Waals surface area contributed by atoms with Crippen LogP contribution in [0.15, 0.2) is 59.7 Å². The summed E-state index contributed by atoms with van der Waals surface area (Å²) in [5.41, 5.74) is 3.98. The van der Waals surface area contributed by atoms with Crippen LogP contribution in [0, 0.1) is 11.3 Å². The van der Waals surface area contributed by atoms with Crippen molar-refractivity contribution in [1.82, 2.24) is 19.2 Å². The maximum Gasteiger partial charge on any atom is 0.259 e. The molecular formula is C33H39N5O3. The molecule has 0 aliphatic heterocycles. The monoisotopic (exact) mass is 553 g/mol. The van der Waals surface area contributed by atoms with Gasteiger partial charge in [0.2, 0.25) is 5.78 Å². The van der Waals surface area contributed by atoms with Crippen molar-refractivity contribution in [3.63, 3.8) is 0 Å². The Morgan fingerprint density at radius 3 is 2.51 bits per heavy atom. The van der Waals surface area contributed by atoms with E-state index in [0.29, 0.717) is 17.8 Å². The number of hydrogen-bond donors (Lipinski definition) is 1. The number of aliphatic hydroxyl groups is 1. The zero-order chi connectivity index (χ0) is 29.2. The Morgan fingerprint density at radius 2 is 1.85 bits per heavy atom. The van der Waals surface area contributed by atoms with Crippen molar-refractivity contribution in [2.45, 2.75) is 89.9 Å². The third-order valence-electron chi connectivity index (χ3n) is 8.16. The van der Waals surface area contributed by atoms with Crippen LogP contribution in [0.4, 0.5) is 0 Å². The molecule has 41 heavy (non-hydrogen) atoms. The Bertz CT molecular complexity index is 1610. The molecule has 2 aromatic heterocycles. The molecule has 1 saturated carbocycles. The third kappa shape index (κ3) is 6.12. The van der Waals surface area contributed by atoms with Crippen LogP contribution in [0.3, 0.4) is 0 Å². The first-order valence-corrected chi connectivity index (χ1v) is 14.5. The second-order valence-electron chi connectivity index (χ2n) is 12.1. The zero-order valence-electron chi connectivity index (χ0n) is 24.4. The molecule has 1 aliphatic rings. The molecule has 2 aromatic carbocycles. The number of fused-ring (bicyclic) bond motifs is 1. The molecular weight excluding hydrogens is 514 g/mol. The molecule has 2 heterocycles. The molecule has 1 aliphatic carbocycles. The number of nitriles is 1. The number of aryl methyl sites for hydroxylation is 1. The van der Waals surface area contributed by atoms with E-state index in [9.17, 15) is 15.2 Å². The summed E-state index contributed by atoms with van der Waals surface area (Å²) in [5.74, 6) is 0.594. The first kappa shape index (κ1) is 28.7. The molecule has 8 nitrogen and oxygen atoms in total. The van der Waals surface area contributed by atoms with Gasteiger partial charge in [-0.15, -0.1) is 0 Å². The fraction of sp³-hybridized carbons (Fsp3) is 0.455. The average Bonchev–Trinajstić information content (AvgIpc) is 3.44. The molecule has 0 bridgehead atoms. The largest absolute Gasteiger partial charge is 0.388 e. The molecule has 0 amide bonds. The van der Waals surface area contributed by atoms with Crippen LogP contribution in [-0.4, -0.2) is 42.1 Å². The van der Waals surface area contributed by atoms with Crippen LogP contribution in [0.2, 0.25) is 0 Å². The summed E-state index contributed by atoms with van der Waals surface area (Å²) in [4.78, 5) is 18.8. The fourth-order valence-corrected chi connectivity index (χ4v) is 5.88. The molecule has 5 rings (SSSR count). The van der Waals surface area contributed by atoms with Crippen molar-refractivity contribution < 1.29 is 9.84 Å². The minimum atomic E-state index is -0.883. The summed E-state index contributed by atoms with van der Waals surface area (Å²) in [7, 11) is 0. The lowest BCUT2D eigenvalue weighted by Gasteiger charge is -2.39. The van der Waals surface area contributed by atoms with Crippen molar-refractivity contribution in [3.05, 3.63) is 87.6 Å². The Balaban J connectivity index is 1.47. The zero-order valence-corrected chi connectivity index (χ0v) is 24.4. The van der Waals surface area contributed by atoms with Gasteiger partial charge in [0, 0.05) is 18.0 Å². The quantitative estimate of drug-likeness (QED) is 0.288. The predicted octanol–water partition coefficient (Wildman–Crippen LogP) is 5.63. The van der Waals surface area contributed by atoms with E-state index in [-0.39, 0.29) is 23.8 Å². The molecule has 0 atom stereocenters. The second kappa shape index (κ2) is 11.6. The Hall–Kier alpha value is -3.80. The standard InChI is InChI=1S/C33H39N5O3/c1-5-8-29-28(19-23-11-13-24(14-12-23)27-10-7-6-9-25(27)20-34)30(39)37(31-35-22-36-38(29)31)26-15-17-33(4,18-16-26)41-21-32(2,3)40/h6-7,9-14,22,26,40H,5,8,15-19,21H2,1-4H3. The highest BCUT2D eigenvalue weighted by Crippen LogP contribution is 2.38. The minimum Gasteiger partial charge on any atom is -0.388 e. The predicted molar refractivity (Wildman–Crippen MR) is 159 cm³/mol. The van der Waals surface area contributed by atoms with Gasteiger partial charge in [0.1, 0.15) is 6.33 Å². The van der Waals surface area contributed by atoms with Gasteiger partial charge in [0.25, 0.3) is 5.56 Å². The van der Waals surface area contributed by atoms with Gasteiger partial charge in [-0.2, -0.15) is 15.3 Å². The third-order valence-corrected chi connectivity index (χ3v) is 8.16. The van der Waals surface area contributed by atoms with E-state index in [0.717, 1.165) is 66.5 Å². The Labute approximate surface area is 241 Å². The van der Waals surface area contributed by atoms with Crippen molar-refractivity contribution >= 4 is 5.78 Å². The first-order chi connectivity index (χ1) is 19.6. The maximum absolute atomic E-state index is 14.3. The number of ether oxygens (including phenoxy) is 1. The van der Waals surface area contributed by atoms with Crippen molar-refractivity contribution in [2.75, 3.05) is 6.61 Å². The van der Waals surface area contributed by atoms with Crippen LogP contribution >= 0.6 is 0 Å². The SMILES string of the molecule is CCCc1c(Cc2ccc(-c3ccccc3C#N)cc2)c(=O)n(C2CCC(C)(OCC(C)(C)O)CC2)c2ncnn12. The Kier molecular flexibility index (Phi) is 8.12. The number of benzene rings is 2. The van der Waals surface area contributed by atoms with E-state index in [4.69, 9.17) is 4.74 Å². The van der Waals surface area contributed by atoms with Crippen molar-refractivity contribution in [2.24, 2.45) is 0 Å². The summed E-state index contributed by atoms with van der Waals surface area (Å²) in [6, 6.07) is 18.0. The highest BCUT2D eigenvalue weighted by molar-refractivity contribution is 5.70. The van der Waals surface area contributed by atoms with E-state index in [1.807, 2.05) is 57.6 Å². The van der Waals surface area contributed by atoms with Gasteiger partial charge >= 0.3 is 0 Å². The van der Waals surface area contributed by atoms with Crippen molar-refractivity contribution in [3.8, 4) is 17.2 Å². The molecule has 0 spiro atoms. The molecule has 0 unspecified atom stereocenters. The van der Waals surface area contributed by atoms with Crippen LogP contribution in [0.1, 0.15) is 88.2 Å². The summed E-state index contributed by atoms with van der Waals surface area (Å²) >= 11 is 0. The van der Waals surface area contributed by atoms with Gasteiger partial charge in [0.15, 0.2) is 0 Å². The van der Waals surface area contributed by atoms with E-state index in [1.165, 1.54) is 6.33 Å². The average molecular weight is 554 g/mol. The number of hydrogen-bond acceptors (Lipinski definition) is 6. The molecule has 0 saturated heterocycles. The lowest BCUT2D eigenvalue weighted by molar-refractivity contribution is -0.117. The first-order valence-electron chi connectivity index (χ1n) is 14.5. The summed E-state index contributed by atoms with van der Waals surface area (Å²) in [6.45, 7) is 7.98. The maximum atomic E-state index is 14.3. The molecule has 4 aromatic rings. The van der Waals surface area contributed by atoms with Crippen molar-refractivity contribution in [1.29, 1.82) is 5.26 Å². The van der Waals surface area contributed by atoms with Gasteiger partial charge < -0.3 is 9.84 Å². The van der Waals surface area contributed by atoms with Crippen LogP contribution < -0.4 is 5.56 Å². The van der Waals surface area contributed by atoms with Gasteiger partial charge in [-0.1, -0.05) is 55.8 Å². The van der Waals surface area contributed by atoms with E-state index in [1.54, 1.807) is 13.8 Å². The van der Waals surface area contributed by atoms with E-state index >= 15 is 0 Å². The fourth-order valence-electron chi connectivity index (χ4n) is 5.88. The van der Waals surface area contributed by atoms with Gasteiger partial charge in [-0.25, -0.2) is 4.52 Å². The van der Waals surface area contributed by atoms with Gasteiger partial charge in [0.05, 0.1) is 35.1 Å². The van der Waals surface area contributed by atoms with Gasteiger partial charge in [-0.3, -0.25) is 9.36 Å². The van der Waals surface area contributed by atoms with Gasteiger partial charge in [-0.05, 0) is 75.6 Å². The van der Waals surface area contributed by atoms with E-state index in [2.05, 4.69) is 30.0 Å². The molecule has 1 fully saturated rings. The normalized spacial score (nSPS) is 19.4. The smallest absolute Gasteiger partial charge is 0.259 e. The van der Waals surface area contributed by atoms with E-state index < -0.39 is 5.60 Å². The van der Waals surface area contributed by atoms with Crippen LogP contribution in [-0.2, 0) is 17.6 Å².